The molecule has 1 aliphatic heterocycles. The average molecular weight is 285 g/mol. The van der Waals surface area contributed by atoms with Gasteiger partial charge in [0.2, 0.25) is 17.8 Å². The lowest BCUT2D eigenvalue weighted by Gasteiger charge is -2.21. The van der Waals surface area contributed by atoms with Gasteiger partial charge in [-0.15, -0.1) is 0 Å². The van der Waals surface area contributed by atoms with Crippen molar-refractivity contribution in [1.82, 2.24) is 14.8 Å². The Labute approximate surface area is 121 Å². The zero-order valence-electron chi connectivity index (χ0n) is 11.5. The summed E-state index contributed by atoms with van der Waals surface area (Å²) >= 11 is 0. The first-order chi connectivity index (χ1) is 10.1. The van der Waals surface area contributed by atoms with Crippen LogP contribution in [-0.2, 0) is 16.1 Å². The molecule has 0 bridgehead atoms. The standard InChI is InChI=1S/C14H15N5O2/c1-9-15-14-17-13(21)10(8-19(14)18-9)7-12(20)16-11-5-3-2-4-6-11/h2-6,10H,7-8H2,1H3,(H,16,20)(H,15,17,18,21). The summed E-state index contributed by atoms with van der Waals surface area (Å²) in [5.41, 5.74) is 0.719. The molecule has 0 saturated carbocycles. The fraction of sp³-hybridized carbons (Fsp3) is 0.286. The van der Waals surface area contributed by atoms with Crippen molar-refractivity contribution in [2.45, 2.75) is 19.9 Å². The monoisotopic (exact) mass is 285 g/mol. The van der Waals surface area contributed by atoms with Crippen LogP contribution in [0, 0.1) is 12.8 Å². The van der Waals surface area contributed by atoms with Gasteiger partial charge in [0.1, 0.15) is 5.82 Å². The van der Waals surface area contributed by atoms with Crippen LogP contribution < -0.4 is 10.6 Å². The number of amides is 2. The molecule has 21 heavy (non-hydrogen) atoms. The summed E-state index contributed by atoms with van der Waals surface area (Å²) in [5.74, 6) is 0.207. The van der Waals surface area contributed by atoms with E-state index in [1.165, 1.54) is 0 Å². The first-order valence-electron chi connectivity index (χ1n) is 6.69. The highest BCUT2D eigenvalue weighted by molar-refractivity contribution is 5.98. The van der Waals surface area contributed by atoms with E-state index in [0.717, 1.165) is 5.69 Å². The Morgan fingerprint density at radius 3 is 2.95 bits per heavy atom. The largest absolute Gasteiger partial charge is 0.326 e. The highest BCUT2D eigenvalue weighted by Crippen LogP contribution is 2.19. The first-order valence-corrected chi connectivity index (χ1v) is 6.69. The molecule has 7 heteroatoms. The first kappa shape index (κ1) is 13.3. The molecular weight excluding hydrogens is 270 g/mol. The molecule has 1 unspecified atom stereocenters. The second-order valence-corrected chi connectivity index (χ2v) is 4.97. The zero-order chi connectivity index (χ0) is 14.8. The molecule has 0 aliphatic carbocycles. The van der Waals surface area contributed by atoms with Gasteiger partial charge in [0, 0.05) is 12.1 Å². The van der Waals surface area contributed by atoms with Crippen LogP contribution >= 0.6 is 0 Å². The molecule has 1 aromatic heterocycles. The highest BCUT2D eigenvalue weighted by Gasteiger charge is 2.29. The number of carbonyl (C=O) groups is 2. The predicted octanol–water partition coefficient (Wildman–Crippen LogP) is 1.18. The van der Waals surface area contributed by atoms with E-state index in [0.29, 0.717) is 18.3 Å². The van der Waals surface area contributed by atoms with Gasteiger partial charge in [-0.2, -0.15) is 10.1 Å². The van der Waals surface area contributed by atoms with Crippen LogP contribution in [0.2, 0.25) is 0 Å². The van der Waals surface area contributed by atoms with Crippen molar-refractivity contribution < 1.29 is 9.59 Å². The van der Waals surface area contributed by atoms with Gasteiger partial charge in [0.25, 0.3) is 0 Å². The summed E-state index contributed by atoms with van der Waals surface area (Å²) in [6, 6.07) is 9.16. The molecule has 0 fully saturated rings. The molecule has 2 aromatic rings. The van der Waals surface area contributed by atoms with E-state index >= 15 is 0 Å². The predicted molar refractivity (Wildman–Crippen MR) is 76.6 cm³/mol. The second kappa shape index (κ2) is 5.35. The van der Waals surface area contributed by atoms with Crippen LogP contribution in [0.3, 0.4) is 0 Å². The van der Waals surface area contributed by atoms with Gasteiger partial charge in [-0.05, 0) is 19.1 Å². The summed E-state index contributed by atoms with van der Waals surface area (Å²) < 4.78 is 1.62. The Bertz CT molecular complexity index is 680. The minimum atomic E-state index is -0.442. The van der Waals surface area contributed by atoms with Gasteiger partial charge in [-0.1, -0.05) is 18.2 Å². The molecule has 1 aromatic carbocycles. The zero-order valence-corrected chi connectivity index (χ0v) is 11.5. The molecule has 108 valence electrons. The topological polar surface area (TPSA) is 88.9 Å². The number of para-hydroxylation sites is 1. The Hall–Kier alpha value is -2.70. The number of nitrogens with one attached hydrogen (secondary N) is 2. The Morgan fingerprint density at radius 2 is 2.19 bits per heavy atom. The van der Waals surface area contributed by atoms with Crippen LogP contribution in [0.5, 0.6) is 0 Å². The minimum Gasteiger partial charge on any atom is -0.326 e. The number of carbonyl (C=O) groups excluding carboxylic acids is 2. The van der Waals surface area contributed by atoms with Gasteiger partial charge in [-0.3, -0.25) is 14.9 Å². The fourth-order valence-electron chi connectivity index (χ4n) is 2.29. The number of hydrogen-bond donors (Lipinski definition) is 2. The Morgan fingerprint density at radius 1 is 1.43 bits per heavy atom. The number of anilines is 2. The summed E-state index contributed by atoms with van der Waals surface area (Å²) in [5, 5.41) is 9.63. The van der Waals surface area contributed by atoms with Crippen molar-refractivity contribution in [2.75, 3.05) is 10.6 Å². The molecule has 7 nitrogen and oxygen atoms in total. The van der Waals surface area contributed by atoms with Gasteiger partial charge in [-0.25, -0.2) is 4.68 Å². The van der Waals surface area contributed by atoms with Crippen LogP contribution in [0.15, 0.2) is 30.3 Å². The Balaban J connectivity index is 1.65. The van der Waals surface area contributed by atoms with Crippen LogP contribution in [0.25, 0.3) is 0 Å². The number of benzene rings is 1. The number of aromatic nitrogens is 3. The van der Waals surface area contributed by atoms with Crippen molar-refractivity contribution in [1.29, 1.82) is 0 Å². The molecule has 3 rings (SSSR count). The van der Waals surface area contributed by atoms with Gasteiger partial charge in [0.15, 0.2) is 0 Å². The number of nitrogens with zero attached hydrogens (tertiary/aromatic N) is 3. The maximum Gasteiger partial charge on any atom is 0.232 e. The van der Waals surface area contributed by atoms with E-state index in [1.807, 2.05) is 18.2 Å². The van der Waals surface area contributed by atoms with E-state index in [-0.39, 0.29) is 18.2 Å². The van der Waals surface area contributed by atoms with E-state index < -0.39 is 5.92 Å². The summed E-state index contributed by atoms with van der Waals surface area (Å²) in [4.78, 5) is 28.1. The fourth-order valence-corrected chi connectivity index (χ4v) is 2.29. The number of aryl methyl sites for hydroxylation is 1. The van der Waals surface area contributed by atoms with Crippen molar-refractivity contribution in [3.8, 4) is 0 Å². The number of hydrogen-bond acceptors (Lipinski definition) is 4. The maximum atomic E-state index is 12.0. The molecular formula is C14H15N5O2. The molecule has 2 N–H and O–H groups in total. The lowest BCUT2D eigenvalue weighted by Crippen LogP contribution is -2.36. The lowest BCUT2D eigenvalue weighted by atomic mass is 10.0. The van der Waals surface area contributed by atoms with Gasteiger partial charge >= 0.3 is 0 Å². The van der Waals surface area contributed by atoms with Crippen molar-refractivity contribution in [3.05, 3.63) is 36.2 Å². The Kier molecular flexibility index (Phi) is 3.39. The molecule has 0 radical (unpaired) electrons. The third-order valence-electron chi connectivity index (χ3n) is 3.27. The summed E-state index contributed by atoms with van der Waals surface area (Å²) in [7, 11) is 0. The molecule has 0 spiro atoms. The van der Waals surface area contributed by atoms with Gasteiger partial charge in [0.05, 0.1) is 12.5 Å². The highest BCUT2D eigenvalue weighted by atomic mass is 16.2. The third-order valence-corrected chi connectivity index (χ3v) is 3.27. The van der Waals surface area contributed by atoms with E-state index in [1.54, 1.807) is 23.7 Å². The van der Waals surface area contributed by atoms with Crippen LogP contribution in [0.4, 0.5) is 11.6 Å². The van der Waals surface area contributed by atoms with E-state index in [9.17, 15) is 9.59 Å². The third kappa shape index (κ3) is 2.91. The normalized spacial score (nSPS) is 17.0. The van der Waals surface area contributed by atoms with Crippen molar-refractivity contribution in [2.24, 2.45) is 5.92 Å². The van der Waals surface area contributed by atoms with Crippen LogP contribution in [0.1, 0.15) is 12.2 Å². The lowest BCUT2D eigenvalue weighted by molar-refractivity contribution is -0.125. The van der Waals surface area contributed by atoms with E-state index in [2.05, 4.69) is 20.7 Å². The smallest absolute Gasteiger partial charge is 0.232 e. The maximum absolute atomic E-state index is 12.0. The molecule has 0 saturated heterocycles. The van der Waals surface area contributed by atoms with Crippen molar-refractivity contribution in [3.63, 3.8) is 0 Å². The molecule has 2 heterocycles. The minimum absolute atomic E-state index is 0.110. The van der Waals surface area contributed by atoms with Crippen molar-refractivity contribution >= 4 is 23.5 Å². The number of fused-ring (bicyclic) bond motifs is 1. The molecule has 1 atom stereocenters. The number of rotatable bonds is 3. The molecule has 2 amide bonds. The quantitative estimate of drug-likeness (QED) is 0.886. The SMILES string of the molecule is Cc1nc2n(n1)CC(CC(=O)Nc1ccccc1)C(=O)N2. The van der Waals surface area contributed by atoms with E-state index in [4.69, 9.17) is 0 Å². The van der Waals surface area contributed by atoms with Crippen LogP contribution in [-0.4, -0.2) is 26.6 Å². The second-order valence-electron chi connectivity index (χ2n) is 4.97. The van der Waals surface area contributed by atoms with Gasteiger partial charge < -0.3 is 5.32 Å². The average Bonchev–Trinajstić information content (AvgIpc) is 2.79. The summed E-state index contributed by atoms with van der Waals surface area (Å²) in [6.07, 6.45) is 0.110. The summed E-state index contributed by atoms with van der Waals surface area (Å²) in [6.45, 7) is 2.12. The molecule has 1 aliphatic rings.